The summed E-state index contributed by atoms with van der Waals surface area (Å²) >= 11 is 0. The van der Waals surface area contributed by atoms with E-state index in [1.165, 1.54) is 0 Å². The summed E-state index contributed by atoms with van der Waals surface area (Å²) in [5, 5.41) is 0. The van der Waals surface area contributed by atoms with Crippen LogP contribution in [-0.2, 0) is 0 Å². The topological polar surface area (TPSA) is 0 Å². The molecule has 10 heavy (non-hydrogen) atoms. The number of hydrogen-bond donors (Lipinski definition) is 0. The second kappa shape index (κ2) is 5.39. The summed E-state index contributed by atoms with van der Waals surface area (Å²) in [5.41, 5.74) is 0. The highest BCUT2D eigenvalue weighted by atomic mass is 19.3. The van der Waals surface area contributed by atoms with Gasteiger partial charge >= 0.3 is 0 Å². The van der Waals surface area contributed by atoms with Gasteiger partial charge in [0.2, 0.25) is 0 Å². The summed E-state index contributed by atoms with van der Waals surface area (Å²) in [6, 6.07) is 0. The molecule has 0 rings (SSSR count). The average molecular weight is 148 g/mol. The van der Waals surface area contributed by atoms with Gasteiger partial charge in [0.1, 0.15) is 0 Å². The van der Waals surface area contributed by atoms with E-state index in [0.717, 1.165) is 25.3 Å². The molecule has 0 heterocycles. The smallest absolute Gasteiger partial charge is 0.174 e. The second-order valence-electron chi connectivity index (χ2n) is 2.41. The monoisotopic (exact) mass is 148 g/mol. The van der Waals surface area contributed by atoms with Gasteiger partial charge in [0.25, 0.3) is 6.08 Å². The largest absolute Gasteiger partial charge is 0.266 e. The maximum atomic E-state index is 11.7. The molecule has 1 atom stereocenters. The highest BCUT2D eigenvalue weighted by Crippen LogP contribution is 2.15. The summed E-state index contributed by atoms with van der Waals surface area (Å²) in [6.45, 7) is 3.94. The lowest BCUT2D eigenvalue weighted by Gasteiger charge is -2.05. The maximum Gasteiger partial charge on any atom is 0.266 e. The van der Waals surface area contributed by atoms with Gasteiger partial charge in [-0.3, -0.25) is 0 Å². The predicted octanol–water partition coefficient (Wildman–Crippen LogP) is 3.59. The Morgan fingerprint density at radius 3 is 2.30 bits per heavy atom. The zero-order valence-corrected chi connectivity index (χ0v) is 6.53. The molecular weight excluding hydrogens is 134 g/mol. The molecule has 0 nitrogen and oxygen atoms in total. The van der Waals surface area contributed by atoms with E-state index in [2.05, 4.69) is 0 Å². The van der Waals surface area contributed by atoms with Crippen molar-refractivity contribution < 1.29 is 8.78 Å². The molecule has 1 unspecified atom stereocenters. The van der Waals surface area contributed by atoms with Gasteiger partial charge in [-0.25, -0.2) is 0 Å². The van der Waals surface area contributed by atoms with Crippen LogP contribution in [-0.4, -0.2) is 0 Å². The van der Waals surface area contributed by atoms with Crippen molar-refractivity contribution in [3.63, 3.8) is 0 Å². The van der Waals surface area contributed by atoms with Crippen molar-refractivity contribution in [2.75, 3.05) is 0 Å². The Kier molecular flexibility index (Phi) is 5.17. The minimum atomic E-state index is -1.54. The molecule has 0 radical (unpaired) electrons. The fraction of sp³-hybridized carbons (Fsp3) is 0.750. The second-order valence-corrected chi connectivity index (χ2v) is 2.41. The maximum absolute atomic E-state index is 11.7. The lowest BCUT2D eigenvalue weighted by molar-refractivity contribution is 0.402. The lowest BCUT2D eigenvalue weighted by atomic mass is 10.0. The zero-order chi connectivity index (χ0) is 7.98. The molecule has 0 aliphatic carbocycles. The first kappa shape index (κ1) is 9.60. The minimum absolute atomic E-state index is 0.0787. The third kappa shape index (κ3) is 4.48. The summed E-state index contributed by atoms with van der Waals surface area (Å²) in [4.78, 5) is 0. The number of hydrogen-bond acceptors (Lipinski definition) is 0. The van der Waals surface area contributed by atoms with Gasteiger partial charge in [0.05, 0.1) is 0 Å². The Morgan fingerprint density at radius 1 is 1.40 bits per heavy atom. The fourth-order valence-corrected chi connectivity index (χ4v) is 0.954. The molecule has 0 bridgehead atoms. The van der Waals surface area contributed by atoms with Gasteiger partial charge in [-0.05, 0) is 24.8 Å². The summed E-state index contributed by atoms with van der Waals surface area (Å²) in [7, 11) is 0. The van der Waals surface area contributed by atoms with E-state index in [-0.39, 0.29) is 5.92 Å². The van der Waals surface area contributed by atoms with Gasteiger partial charge in [-0.15, -0.1) is 0 Å². The van der Waals surface area contributed by atoms with Gasteiger partial charge in [-0.2, -0.15) is 8.78 Å². The van der Waals surface area contributed by atoms with Crippen LogP contribution in [0.3, 0.4) is 0 Å². The number of allylic oxidation sites excluding steroid dienone is 1. The Morgan fingerprint density at radius 2 is 2.00 bits per heavy atom. The van der Waals surface area contributed by atoms with Crippen LogP contribution in [0, 0.1) is 5.92 Å². The average Bonchev–Trinajstić information content (AvgIpc) is 1.86. The quantitative estimate of drug-likeness (QED) is 0.571. The van der Waals surface area contributed by atoms with Crippen molar-refractivity contribution in [1.82, 2.24) is 0 Å². The predicted molar refractivity (Wildman–Crippen MR) is 39.0 cm³/mol. The molecule has 0 fully saturated rings. The highest BCUT2D eigenvalue weighted by Gasteiger charge is 2.02. The van der Waals surface area contributed by atoms with Crippen LogP contribution < -0.4 is 0 Å². The molecule has 0 aliphatic rings. The highest BCUT2D eigenvalue weighted by molar-refractivity contribution is 4.86. The van der Waals surface area contributed by atoms with E-state index in [1.54, 1.807) is 0 Å². The van der Waals surface area contributed by atoms with Crippen molar-refractivity contribution in [3.05, 3.63) is 12.2 Å². The minimum Gasteiger partial charge on any atom is -0.174 e. The van der Waals surface area contributed by atoms with Crippen molar-refractivity contribution >= 4 is 0 Å². The van der Waals surface area contributed by atoms with E-state index in [0.29, 0.717) is 0 Å². The number of rotatable bonds is 4. The molecular formula is C8H14F2. The molecule has 60 valence electrons. The molecule has 2 heteroatoms. The van der Waals surface area contributed by atoms with Crippen LogP contribution >= 0.6 is 0 Å². The molecule has 0 aromatic rings. The molecule has 0 aliphatic heterocycles. The van der Waals surface area contributed by atoms with E-state index >= 15 is 0 Å². The number of halogens is 2. The standard InChI is InChI=1S/C8H14F2/c1-3-5-7(4-2)6-8(9)10/h6-7H,3-5H2,1-2H3. The van der Waals surface area contributed by atoms with Crippen LogP contribution in [0.5, 0.6) is 0 Å². The van der Waals surface area contributed by atoms with Crippen LogP contribution in [0.4, 0.5) is 8.78 Å². The van der Waals surface area contributed by atoms with Crippen molar-refractivity contribution in [2.45, 2.75) is 33.1 Å². The van der Waals surface area contributed by atoms with Crippen LogP contribution in [0.15, 0.2) is 12.2 Å². The third-order valence-corrected chi connectivity index (χ3v) is 1.55. The Labute approximate surface area is 60.9 Å². The normalized spacial score (nSPS) is 12.8. The van der Waals surface area contributed by atoms with Crippen LogP contribution in [0.2, 0.25) is 0 Å². The van der Waals surface area contributed by atoms with Crippen molar-refractivity contribution in [1.29, 1.82) is 0 Å². The SMILES string of the molecule is CCCC(C=C(F)F)CC. The molecule has 0 amide bonds. The zero-order valence-electron chi connectivity index (χ0n) is 6.53. The Balaban J connectivity index is 3.71. The van der Waals surface area contributed by atoms with E-state index in [1.807, 2.05) is 13.8 Å². The fourth-order valence-electron chi connectivity index (χ4n) is 0.954. The molecule has 0 N–H and O–H groups in total. The van der Waals surface area contributed by atoms with Crippen LogP contribution in [0.25, 0.3) is 0 Å². The summed E-state index contributed by atoms with van der Waals surface area (Å²) in [5.74, 6) is 0.0787. The first-order valence-corrected chi connectivity index (χ1v) is 3.73. The molecule has 0 aromatic carbocycles. The Hall–Kier alpha value is -0.400. The van der Waals surface area contributed by atoms with E-state index in [9.17, 15) is 8.78 Å². The van der Waals surface area contributed by atoms with Gasteiger partial charge in [-0.1, -0.05) is 20.3 Å². The Bertz CT molecular complexity index is 104. The van der Waals surface area contributed by atoms with Crippen molar-refractivity contribution in [2.24, 2.45) is 5.92 Å². The van der Waals surface area contributed by atoms with Gasteiger partial charge < -0.3 is 0 Å². The first-order valence-electron chi connectivity index (χ1n) is 3.73. The lowest BCUT2D eigenvalue weighted by Crippen LogP contribution is -1.92. The molecule has 0 saturated carbocycles. The van der Waals surface area contributed by atoms with Gasteiger partial charge in [0.15, 0.2) is 0 Å². The van der Waals surface area contributed by atoms with Gasteiger partial charge in [0, 0.05) is 0 Å². The summed E-state index contributed by atoms with van der Waals surface area (Å²) in [6.07, 6.45) is 2.17. The molecule has 0 aromatic heterocycles. The molecule has 0 spiro atoms. The van der Waals surface area contributed by atoms with Crippen LogP contribution in [0.1, 0.15) is 33.1 Å². The first-order chi connectivity index (χ1) is 4.70. The van der Waals surface area contributed by atoms with Crippen molar-refractivity contribution in [3.8, 4) is 0 Å². The summed E-state index contributed by atoms with van der Waals surface area (Å²) < 4.78 is 23.3. The third-order valence-electron chi connectivity index (χ3n) is 1.55. The van der Waals surface area contributed by atoms with E-state index < -0.39 is 6.08 Å². The van der Waals surface area contributed by atoms with E-state index in [4.69, 9.17) is 0 Å². The molecule has 0 saturated heterocycles.